The molecule has 2 amide bonds. The predicted octanol–water partition coefficient (Wildman–Crippen LogP) is 5.05. The Kier molecular flexibility index (Phi) is 6.01. The number of rotatable bonds is 5. The van der Waals surface area contributed by atoms with E-state index in [2.05, 4.69) is 30.9 Å². The number of nitrogens with zero attached hydrogens (tertiary/aromatic N) is 5. The molecule has 4 rings (SSSR count). The number of amides is 2. The standard InChI is InChI=1S/C23H24FN7O3/c1-13-8-18(34-30-13)17-10-21(26-12-25-17)33-14-6-7-16(15(24)9-14)27-22(32)28-20-11-19(23(2,3)4)29-31(20)5/h6-12H,1-5H3,(H2,27,28,32). The van der Waals surface area contributed by atoms with Crippen LogP contribution in [0.1, 0.15) is 32.2 Å². The van der Waals surface area contributed by atoms with Gasteiger partial charge in [0.05, 0.1) is 17.1 Å². The fourth-order valence-electron chi connectivity index (χ4n) is 3.02. The van der Waals surface area contributed by atoms with Crippen molar-refractivity contribution in [1.29, 1.82) is 0 Å². The molecular formula is C23H24FN7O3. The first-order chi connectivity index (χ1) is 16.1. The Labute approximate surface area is 195 Å². The first-order valence-electron chi connectivity index (χ1n) is 10.4. The molecular weight excluding hydrogens is 441 g/mol. The van der Waals surface area contributed by atoms with Crippen LogP contribution in [-0.4, -0.2) is 30.9 Å². The highest BCUT2D eigenvalue weighted by atomic mass is 19.1. The Morgan fingerprint density at radius 1 is 1.12 bits per heavy atom. The molecule has 11 heteroatoms. The number of aryl methyl sites for hydroxylation is 2. The number of hydrogen-bond acceptors (Lipinski definition) is 7. The largest absolute Gasteiger partial charge is 0.439 e. The highest BCUT2D eigenvalue weighted by Crippen LogP contribution is 2.27. The van der Waals surface area contributed by atoms with Gasteiger partial charge >= 0.3 is 6.03 Å². The lowest BCUT2D eigenvalue weighted by Gasteiger charge is -2.13. The van der Waals surface area contributed by atoms with E-state index in [4.69, 9.17) is 9.26 Å². The zero-order chi connectivity index (χ0) is 24.5. The summed E-state index contributed by atoms with van der Waals surface area (Å²) in [5.74, 6) is 0.674. The number of halogens is 1. The number of benzene rings is 1. The third kappa shape index (κ3) is 5.20. The lowest BCUT2D eigenvalue weighted by Crippen LogP contribution is -2.21. The molecule has 0 aliphatic rings. The van der Waals surface area contributed by atoms with Crippen LogP contribution in [0, 0.1) is 12.7 Å². The summed E-state index contributed by atoms with van der Waals surface area (Å²) in [5, 5.41) is 13.4. The second-order valence-electron chi connectivity index (χ2n) is 8.69. The molecule has 3 aromatic heterocycles. The van der Waals surface area contributed by atoms with E-state index >= 15 is 0 Å². The van der Waals surface area contributed by atoms with E-state index in [1.807, 2.05) is 20.8 Å². The van der Waals surface area contributed by atoms with Crippen molar-refractivity contribution in [3.05, 3.63) is 59.9 Å². The minimum Gasteiger partial charge on any atom is -0.439 e. The van der Waals surface area contributed by atoms with Crippen LogP contribution in [-0.2, 0) is 12.5 Å². The minimum absolute atomic E-state index is 0.0106. The van der Waals surface area contributed by atoms with Crippen molar-refractivity contribution < 1.29 is 18.4 Å². The zero-order valence-electron chi connectivity index (χ0n) is 19.4. The maximum absolute atomic E-state index is 14.6. The number of ether oxygens (including phenoxy) is 1. The van der Waals surface area contributed by atoms with Gasteiger partial charge in [0.1, 0.15) is 29.4 Å². The number of urea groups is 1. The highest BCUT2D eigenvalue weighted by Gasteiger charge is 2.20. The SMILES string of the molecule is Cc1cc(-c2cc(Oc3ccc(NC(=O)Nc4cc(C(C)(C)C)nn4C)c(F)c3)ncn2)on1. The zero-order valence-corrected chi connectivity index (χ0v) is 19.4. The van der Waals surface area contributed by atoms with Crippen LogP contribution in [0.15, 0.2) is 47.2 Å². The smallest absolute Gasteiger partial charge is 0.324 e. The van der Waals surface area contributed by atoms with Gasteiger partial charge in [0.2, 0.25) is 5.88 Å². The van der Waals surface area contributed by atoms with E-state index in [-0.39, 0.29) is 22.7 Å². The summed E-state index contributed by atoms with van der Waals surface area (Å²) in [6.07, 6.45) is 1.31. The van der Waals surface area contributed by atoms with Gasteiger partial charge in [-0.25, -0.2) is 19.2 Å². The Hall–Kier alpha value is -4.28. The number of carbonyl (C=O) groups excluding carboxylic acids is 1. The number of nitrogens with one attached hydrogen (secondary N) is 2. The molecule has 0 bridgehead atoms. The molecule has 176 valence electrons. The molecule has 0 fully saturated rings. The van der Waals surface area contributed by atoms with Crippen molar-refractivity contribution >= 4 is 17.5 Å². The lowest BCUT2D eigenvalue weighted by atomic mass is 9.92. The highest BCUT2D eigenvalue weighted by molar-refractivity contribution is 5.99. The number of hydrogen-bond donors (Lipinski definition) is 2. The number of anilines is 2. The summed E-state index contributed by atoms with van der Waals surface area (Å²) < 4.78 is 27.0. The monoisotopic (exact) mass is 465 g/mol. The molecule has 0 unspecified atom stereocenters. The molecule has 3 heterocycles. The Morgan fingerprint density at radius 3 is 2.56 bits per heavy atom. The Bertz CT molecular complexity index is 1340. The topological polar surface area (TPSA) is 120 Å². The molecule has 0 saturated heterocycles. The van der Waals surface area contributed by atoms with Gasteiger partial charge in [-0.3, -0.25) is 10.00 Å². The van der Waals surface area contributed by atoms with Crippen molar-refractivity contribution in [1.82, 2.24) is 24.9 Å². The van der Waals surface area contributed by atoms with Gasteiger partial charge in [0.25, 0.3) is 0 Å². The van der Waals surface area contributed by atoms with Crippen LogP contribution in [0.4, 0.5) is 20.7 Å². The summed E-state index contributed by atoms with van der Waals surface area (Å²) in [7, 11) is 1.72. The van der Waals surface area contributed by atoms with E-state index < -0.39 is 11.8 Å². The van der Waals surface area contributed by atoms with E-state index in [1.165, 1.54) is 18.5 Å². The molecule has 4 aromatic rings. The summed E-state index contributed by atoms with van der Waals surface area (Å²) in [6, 6.07) is 8.53. The average molecular weight is 465 g/mol. The second kappa shape index (κ2) is 8.93. The van der Waals surface area contributed by atoms with Crippen molar-refractivity contribution in [3.63, 3.8) is 0 Å². The summed E-state index contributed by atoms with van der Waals surface area (Å²) >= 11 is 0. The van der Waals surface area contributed by atoms with Crippen LogP contribution in [0.25, 0.3) is 11.5 Å². The third-order valence-corrected chi connectivity index (χ3v) is 4.82. The quantitative estimate of drug-likeness (QED) is 0.423. The van der Waals surface area contributed by atoms with Crippen LogP contribution < -0.4 is 15.4 Å². The van der Waals surface area contributed by atoms with Gasteiger partial charge in [0.15, 0.2) is 5.76 Å². The van der Waals surface area contributed by atoms with Gasteiger partial charge in [-0.2, -0.15) is 5.10 Å². The summed E-state index contributed by atoms with van der Waals surface area (Å²) in [6.45, 7) is 7.87. The van der Waals surface area contributed by atoms with E-state index in [1.54, 1.807) is 36.9 Å². The average Bonchev–Trinajstić information content (AvgIpc) is 3.36. The molecule has 2 N–H and O–H groups in total. The maximum Gasteiger partial charge on any atom is 0.324 e. The molecule has 0 atom stereocenters. The van der Waals surface area contributed by atoms with Crippen molar-refractivity contribution in [2.75, 3.05) is 10.6 Å². The molecule has 1 aromatic carbocycles. The van der Waals surface area contributed by atoms with Crippen LogP contribution in [0.2, 0.25) is 0 Å². The van der Waals surface area contributed by atoms with Gasteiger partial charge in [0, 0.05) is 36.7 Å². The molecule has 34 heavy (non-hydrogen) atoms. The first-order valence-corrected chi connectivity index (χ1v) is 10.4. The molecule has 0 aliphatic heterocycles. The van der Waals surface area contributed by atoms with Crippen LogP contribution in [0.3, 0.4) is 0 Å². The Balaban J connectivity index is 1.43. The molecule has 0 saturated carbocycles. The van der Waals surface area contributed by atoms with Gasteiger partial charge in [-0.05, 0) is 19.1 Å². The van der Waals surface area contributed by atoms with Gasteiger partial charge < -0.3 is 14.6 Å². The van der Waals surface area contributed by atoms with Crippen molar-refractivity contribution in [3.8, 4) is 23.1 Å². The number of aromatic nitrogens is 5. The summed E-state index contributed by atoms with van der Waals surface area (Å²) in [5.41, 5.74) is 1.83. The fraction of sp³-hybridized carbons (Fsp3) is 0.261. The maximum atomic E-state index is 14.6. The van der Waals surface area contributed by atoms with Crippen LogP contribution in [0.5, 0.6) is 11.6 Å². The van der Waals surface area contributed by atoms with E-state index in [0.717, 1.165) is 11.8 Å². The number of carbonyl (C=O) groups is 1. The Morgan fingerprint density at radius 2 is 1.91 bits per heavy atom. The minimum atomic E-state index is -0.673. The lowest BCUT2D eigenvalue weighted by molar-refractivity contribution is 0.262. The molecule has 0 radical (unpaired) electrons. The third-order valence-electron chi connectivity index (χ3n) is 4.82. The van der Waals surface area contributed by atoms with E-state index in [9.17, 15) is 9.18 Å². The second-order valence-corrected chi connectivity index (χ2v) is 8.69. The fourth-order valence-corrected chi connectivity index (χ4v) is 3.02. The van der Waals surface area contributed by atoms with Gasteiger partial charge in [-0.1, -0.05) is 25.9 Å². The molecule has 0 aliphatic carbocycles. The molecule has 10 nitrogen and oxygen atoms in total. The van der Waals surface area contributed by atoms with Crippen molar-refractivity contribution in [2.24, 2.45) is 7.05 Å². The van der Waals surface area contributed by atoms with Crippen LogP contribution >= 0.6 is 0 Å². The predicted molar refractivity (Wildman–Crippen MR) is 123 cm³/mol. The summed E-state index contributed by atoms with van der Waals surface area (Å²) in [4.78, 5) is 20.6. The van der Waals surface area contributed by atoms with E-state index in [0.29, 0.717) is 23.0 Å². The first kappa shape index (κ1) is 22.9. The normalized spacial score (nSPS) is 11.4. The van der Waals surface area contributed by atoms with Gasteiger partial charge in [-0.15, -0.1) is 0 Å². The molecule has 0 spiro atoms. The van der Waals surface area contributed by atoms with Crippen molar-refractivity contribution in [2.45, 2.75) is 33.1 Å².